The quantitative estimate of drug-likeness (QED) is 0.792. The van der Waals surface area contributed by atoms with Gasteiger partial charge in [-0.25, -0.2) is 4.79 Å². The number of carbonyl (C=O) groups excluding carboxylic acids is 2. The molecule has 136 valence electrons. The Morgan fingerprint density at radius 2 is 1.81 bits per heavy atom. The summed E-state index contributed by atoms with van der Waals surface area (Å²) in [6, 6.07) is 7.84. The number of aromatic nitrogens is 1. The number of fused-ring (bicyclic) bond motifs is 4. The molecule has 1 saturated heterocycles. The van der Waals surface area contributed by atoms with Gasteiger partial charge in [0, 0.05) is 29.1 Å². The van der Waals surface area contributed by atoms with Crippen LogP contribution in [0.25, 0.3) is 10.9 Å². The van der Waals surface area contributed by atoms with Gasteiger partial charge in [0.15, 0.2) is 0 Å². The molecule has 2 aliphatic heterocycles. The molecule has 1 aromatic carbocycles. The number of amides is 3. The number of nitrogens with zero attached hydrogens (tertiary/aromatic N) is 2. The van der Waals surface area contributed by atoms with E-state index >= 15 is 0 Å². The van der Waals surface area contributed by atoms with Crippen molar-refractivity contribution in [3.8, 4) is 0 Å². The van der Waals surface area contributed by atoms with E-state index in [9.17, 15) is 9.59 Å². The van der Waals surface area contributed by atoms with Crippen LogP contribution in [0.2, 0.25) is 0 Å². The van der Waals surface area contributed by atoms with Gasteiger partial charge >= 0.3 is 6.03 Å². The highest BCUT2D eigenvalue weighted by atomic mass is 16.2. The fraction of sp³-hybridized carbons (Fsp3) is 0.524. The second-order valence-electron chi connectivity index (χ2n) is 8.46. The first-order valence-corrected chi connectivity index (χ1v) is 9.76. The van der Waals surface area contributed by atoms with Crippen molar-refractivity contribution < 1.29 is 9.59 Å². The summed E-state index contributed by atoms with van der Waals surface area (Å²) in [7, 11) is 0. The molecule has 1 N–H and O–H groups in total. The third kappa shape index (κ3) is 1.97. The van der Waals surface area contributed by atoms with Crippen LogP contribution in [0.5, 0.6) is 0 Å². The smallest absolute Gasteiger partial charge is 0.328 e. The maximum absolute atomic E-state index is 13.3. The summed E-state index contributed by atoms with van der Waals surface area (Å²) in [4.78, 5) is 33.5. The van der Waals surface area contributed by atoms with Crippen LogP contribution >= 0.6 is 0 Å². The number of nitrogens with one attached hydrogen (secondary N) is 1. The van der Waals surface area contributed by atoms with Crippen molar-refractivity contribution in [1.29, 1.82) is 0 Å². The number of para-hydroxylation sites is 1. The molecule has 3 aliphatic rings. The minimum Gasteiger partial charge on any atom is -0.356 e. The summed E-state index contributed by atoms with van der Waals surface area (Å²) >= 11 is 0. The Morgan fingerprint density at radius 3 is 2.58 bits per heavy atom. The van der Waals surface area contributed by atoms with Crippen molar-refractivity contribution in [3.05, 3.63) is 35.5 Å². The average molecular weight is 351 g/mol. The highest BCUT2D eigenvalue weighted by Crippen LogP contribution is 2.45. The molecule has 26 heavy (non-hydrogen) atoms. The summed E-state index contributed by atoms with van der Waals surface area (Å²) < 4.78 is 0. The van der Waals surface area contributed by atoms with Gasteiger partial charge in [0.2, 0.25) is 0 Å². The topological polar surface area (TPSA) is 56.4 Å². The van der Waals surface area contributed by atoms with Gasteiger partial charge in [0.1, 0.15) is 6.04 Å². The number of rotatable bonds is 1. The fourth-order valence-electron chi connectivity index (χ4n) is 5.35. The lowest BCUT2D eigenvalue weighted by Crippen LogP contribution is -2.52. The Bertz CT molecular complexity index is 907. The van der Waals surface area contributed by atoms with E-state index in [0.717, 1.165) is 36.9 Å². The predicted molar refractivity (Wildman–Crippen MR) is 99.8 cm³/mol. The van der Waals surface area contributed by atoms with Crippen molar-refractivity contribution in [2.75, 3.05) is 0 Å². The molecule has 0 bridgehead atoms. The zero-order valence-corrected chi connectivity index (χ0v) is 15.4. The first kappa shape index (κ1) is 15.9. The zero-order chi connectivity index (χ0) is 18.1. The Balaban J connectivity index is 1.60. The number of imide groups is 1. The van der Waals surface area contributed by atoms with Crippen molar-refractivity contribution >= 4 is 22.8 Å². The number of hydrogen-bond donors (Lipinski definition) is 1. The van der Waals surface area contributed by atoms with Gasteiger partial charge in [0.05, 0.1) is 5.54 Å². The third-order valence-electron chi connectivity index (χ3n) is 6.61. The summed E-state index contributed by atoms with van der Waals surface area (Å²) in [5, 5.41) is 1.17. The van der Waals surface area contributed by atoms with Crippen molar-refractivity contribution in [1.82, 2.24) is 14.8 Å². The van der Waals surface area contributed by atoms with E-state index in [4.69, 9.17) is 0 Å². The molecular weight excluding hydrogens is 326 g/mol. The summed E-state index contributed by atoms with van der Waals surface area (Å²) in [5.41, 5.74) is 2.82. The third-order valence-corrected chi connectivity index (χ3v) is 6.61. The van der Waals surface area contributed by atoms with Crippen LogP contribution in [0.15, 0.2) is 24.3 Å². The normalized spacial score (nSPS) is 25.7. The molecule has 0 spiro atoms. The van der Waals surface area contributed by atoms with Crippen LogP contribution in [-0.2, 0) is 16.8 Å². The molecule has 3 heterocycles. The van der Waals surface area contributed by atoms with E-state index in [2.05, 4.69) is 31.0 Å². The highest BCUT2D eigenvalue weighted by Gasteiger charge is 2.56. The Hall–Kier alpha value is -2.30. The molecule has 5 nitrogen and oxygen atoms in total. The molecule has 5 rings (SSSR count). The highest BCUT2D eigenvalue weighted by molar-refractivity contribution is 6.06. The van der Waals surface area contributed by atoms with Crippen LogP contribution in [-0.4, -0.2) is 38.8 Å². The standard InChI is InChI=1S/C21H25N3O2/c1-21(2)18-15(14-10-6-7-11-16(14)22-18)12-17-19(25)23(20(26)24(17)21)13-8-4-3-5-9-13/h6-7,10-11,13,17,22H,3-5,8-9,12H2,1-2H3/t17-/m0/s1. The average Bonchev–Trinajstić information content (AvgIpc) is 3.13. The van der Waals surface area contributed by atoms with E-state index < -0.39 is 5.54 Å². The van der Waals surface area contributed by atoms with Crippen LogP contribution in [0.1, 0.15) is 57.2 Å². The minimum absolute atomic E-state index is 0.00547. The molecule has 2 fully saturated rings. The van der Waals surface area contributed by atoms with Crippen molar-refractivity contribution in [2.24, 2.45) is 0 Å². The molecule has 0 unspecified atom stereocenters. The van der Waals surface area contributed by atoms with Gasteiger partial charge in [-0.15, -0.1) is 0 Å². The number of H-pyrrole nitrogens is 1. The monoisotopic (exact) mass is 351 g/mol. The molecule has 1 aliphatic carbocycles. The molecule has 3 amide bonds. The number of aromatic amines is 1. The Morgan fingerprint density at radius 1 is 1.08 bits per heavy atom. The number of hydrogen-bond acceptors (Lipinski definition) is 2. The zero-order valence-electron chi connectivity index (χ0n) is 15.4. The van der Waals surface area contributed by atoms with Crippen LogP contribution < -0.4 is 0 Å². The van der Waals surface area contributed by atoms with Crippen LogP contribution in [0, 0.1) is 0 Å². The van der Waals surface area contributed by atoms with E-state index in [1.54, 1.807) is 4.90 Å². The van der Waals surface area contributed by atoms with E-state index in [1.165, 1.54) is 17.4 Å². The molecule has 1 aromatic heterocycles. The minimum atomic E-state index is -0.520. The maximum Gasteiger partial charge on any atom is 0.328 e. The first-order chi connectivity index (χ1) is 12.5. The number of carbonyl (C=O) groups is 2. The molecule has 5 heteroatoms. The lowest BCUT2D eigenvalue weighted by Gasteiger charge is -2.42. The summed E-state index contributed by atoms with van der Waals surface area (Å²) in [5.74, 6) is 0.00547. The van der Waals surface area contributed by atoms with Crippen molar-refractivity contribution in [3.63, 3.8) is 0 Å². The predicted octanol–water partition coefficient (Wildman–Crippen LogP) is 3.92. The van der Waals surface area contributed by atoms with Crippen LogP contribution in [0.4, 0.5) is 4.79 Å². The molecule has 2 aromatic rings. The lowest BCUT2D eigenvalue weighted by atomic mass is 9.85. The van der Waals surface area contributed by atoms with Crippen molar-refractivity contribution in [2.45, 2.75) is 70.0 Å². The first-order valence-electron chi connectivity index (χ1n) is 9.76. The second kappa shape index (κ2) is 5.35. The SMILES string of the molecule is CC1(C)c2[nH]c3ccccc3c2C[C@H]2C(=O)N(C3CCCCC3)C(=O)N21. The van der Waals surface area contributed by atoms with E-state index in [0.29, 0.717) is 6.42 Å². The molecule has 1 saturated carbocycles. The largest absolute Gasteiger partial charge is 0.356 e. The fourth-order valence-corrected chi connectivity index (χ4v) is 5.35. The van der Waals surface area contributed by atoms with Crippen LogP contribution in [0.3, 0.4) is 0 Å². The molecule has 0 radical (unpaired) electrons. The van der Waals surface area contributed by atoms with Gasteiger partial charge in [-0.05, 0) is 38.3 Å². The Labute approximate surface area is 153 Å². The van der Waals surface area contributed by atoms with E-state index in [-0.39, 0.29) is 24.0 Å². The maximum atomic E-state index is 13.3. The lowest BCUT2D eigenvalue weighted by molar-refractivity contribution is -0.131. The van der Waals surface area contributed by atoms with Gasteiger partial charge in [-0.1, -0.05) is 37.5 Å². The summed E-state index contributed by atoms with van der Waals surface area (Å²) in [6.45, 7) is 4.12. The Kier molecular flexibility index (Phi) is 3.27. The van der Waals surface area contributed by atoms with E-state index in [1.807, 2.05) is 17.0 Å². The summed E-state index contributed by atoms with van der Waals surface area (Å²) in [6.07, 6.45) is 5.94. The number of urea groups is 1. The van der Waals surface area contributed by atoms with Gasteiger partial charge in [-0.3, -0.25) is 9.69 Å². The molecular formula is C21H25N3O2. The van der Waals surface area contributed by atoms with Gasteiger partial charge in [0.25, 0.3) is 5.91 Å². The van der Waals surface area contributed by atoms with Gasteiger partial charge < -0.3 is 9.88 Å². The second-order valence-corrected chi connectivity index (χ2v) is 8.46. The molecule has 1 atom stereocenters. The van der Waals surface area contributed by atoms with Gasteiger partial charge in [-0.2, -0.15) is 0 Å². The number of benzene rings is 1.